The number of hydrogen-bond acceptors (Lipinski definition) is 3. The lowest BCUT2D eigenvalue weighted by atomic mass is 9.86. The van der Waals surface area contributed by atoms with Gasteiger partial charge in [-0.25, -0.2) is 0 Å². The average Bonchev–Trinajstić information content (AvgIpc) is 2.62. The standard InChI is InChI=1S/C14H16O3/c1-10(15)7-12-9-17-14(16)13(12)8-11-5-3-2-4-6-11/h2-6,12-13H,7-9H2,1H3/t12-,13-/m0/s1. The fourth-order valence-electron chi connectivity index (χ4n) is 2.29. The number of rotatable bonds is 4. The molecule has 2 atom stereocenters. The number of cyclic esters (lactones) is 1. The van der Waals surface area contributed by atoms with Crippen LogP contribution < -0.4 is 0 Å². The first-order chi connectivity index (χ1) is 8.16. The lowest BCUT2D eigenvalue weighted by Crippen LogP contribution is -2.20. The Morgan fingerprint density at radius 1 is 1.35 bits per heavy atom. The maximum atomic E-state index is 11.6. The molecule has 0 N–H and O–H groups in total. The molecule has 1 aromatic carbocycles. The van der Waals surface area contributed by atoms with Gasteiger partial charge in [0.05, 0.1) is 12.5 Å². The maximum Gasteiger partial charge on any atom is 0.309 e. The summed E-state index contributed by atoms with van der Waals surface area (Å²) in [6.07, 6.45) is 1.10. The predicted molar refractivity (Wildman–Crippen MR) is 63.4 cm³/mol. The Kier molecular flexibility index (Phi) is 3.57. The Morgan fingerprint density at radius 2 is 2.06 bits per heavy atom. The summed E-state index contributed by atoms with van der Waals surface area (Å²) in [5.74, 6) is -0.173. The summed E-state index contributed by atoms with van der Waals surface area (Å²) < 4.78 is 5.06. The van der Waals surface area contributed by atoms with E-state index in [1.807, 2.05) is 30.3 Å². The van der Waals surface area contributed by atoms with E-state index < -0.39 is 0 Å². The lowest BCUT2D eigenvalue weighted by molar-refractivity contribution is -0.141. The molecule has 1 aliphatic rings. The SMILES string of the molecule is CC(=O)C[C@H]1COC(=O)[C@H]1Cc1ccccc1. The molecule has 1 aromatic rings. The van der Waals surface area contributed by atoms with Gasteiger partial charge in [0.2, 0.25) is 0 Å². The highest BCUT2D eigenvalue weighted by Crippen LogP contribution is 2.28. The van der Waals surface area contributed by atoms with Gasteiger partial charge in [-0.2, -0.15) is 0 Å². The van der Waals surface area contributed by atoms with Gasteiger partial charge in [-0.1, -0.05) is 30.3 Å². The van der Waals surface area contributed by atoms with E-state index in [1.54, 1.807) is 6.92 Å². The molecule has 0 saturated carbocycles. The monoisotopic (exact) mass is 232 g/mol. The van der Waals surface area contributed by atoms with E-state index in [0.29, 0.717) is 19.4 Å². The van der Waals surface area contributed by atoms with Crippen LogP contribution >= 0.6 is 0 Å². The molecule has 90 valence electrons. The number of ketones is 1. The number of carbonyl (C=O) groups excluding carboxylic acids is 2. The van der Waals surface area contributed by atoms with Crippen LogP contribution in [0.3, 0.4) is 0 Å². The van der Waals surface area contributed by atoms with E-state index in [2.05, 4.69) is 0 Å². The molecule has 3 nitrogen and oxygen atoms in total. The number of benzene rings is 1. The third-order valence-corrected chi connectivity index (χ3v) is 3.16. The lowest BCUT2D eigenvalue weighted by Gasteiger charge is -2.13. The second-order valence-corrected chi connectivity index (χ2v) is 4.59. The molecule has 1 heterocycles. The summed E-state index contributed by atoms with van der Waals surface area (Å²) in [5.41, 5.74) is 1.12. The molecule has 0 aliphatic carbocycles. The summed E-state index contributed by atoms with van der Waals surface area (Å²) in [7, 11) is 0. The van der Waals surface area contributed by atoms with Crippen LogP contribution in [0.1, 0.15) is 18.9 Å². The van der Waals surface area contributed by atoms with E-state index in [9.17, 15) is 9.59 Å². The first kappa shape index (κ1) is 11.8. The quantitative estimate of drug-likeness (QED) is 0.746. The van der Waals surface area contributed by atoms with E-state index >= 15 is 0 Å². The number of esters is 1. The zero-order valence-electron chi connectivity index (χ0n) is 9.89. The van der Waals surface area contributed by atoms with Gasteiger partial charge in [0, 0.05) is 12.3 Å². The summed E-state index contributed by atoms with van der Waals surface area (Å²) in [4.78, 5) is 22.8. The summed E-state index contributed by atoms with van der Waals surface area (Å²) >= 11 is 0. The van der Waals surface area contributed by atoms with E-state index in [1.165, 1.54) is 0 Å². The van der Waals surface area contributed by atoms with Gasteiger partial charge >= 0.3 is 5.97 Å². The van der Waals surface area contributed by atoms with Crippen LogP contribution in [0.4, 0.5) is 0 Å². The first-order valence-electron chi connectivity index (χ1n) is 5.87. The zero-order chi connectivity index (χ0) is 12.3. The summed E-state index contributed by atoms with van der Waals surface area (Å²) in [5, 5.41) is 0. The third kappa shape index (κ3) is 2.93. The van der Waals surface area contributed by atoms with Crippen LogP contribution in [0.15, 0.2) is 30.3 Å². The largest absolute Gasteiger partial charge is 0.465 e. The highest BCUT2D eigenvalue weighted by molar-refractivity contribution is 5.79. The van der Waals surface area contributed by atoms with Crippen molar-refractivity contribution in [3.63, 3.8) is 0 Å². The molecular weight excluding hydrogens is 216 g/mol. The van der Waals surface area contributed by atoms with Crippen molar-refractivity contribution < 1.29 is 14.3 Å². The molecule has 1 fully saturated rings. The van der Waals surface area contributed by atoms with Gasteiger partial charge < -0.3 is 9.53 Å². The van der Waals surface area contributed by atoms with Crippen LogP contribution in [-0.2, 0) is 20.7 Å². The fourth-order valence-corrected chi connectivity index (χ4v) is 2.29. The van der Waals surface area contributed by atoms with E-state index in [0.717, 1.165) is 5.56 Å². The average molecular weight is 232 g/mol. The highest BCUT2D eigenvalue weighted by Gasteiger charge is 2.37. The minimum Gasteiger partial charge on any atom is -0.465 e. The van der Waals surface area contributed by atoms with Crippen LogP contribution in [0.25, 0.3) is 0 Å². The van der Waals surface area contributed by atoms with Crippen molar-refractivity contribution in [3.8, 4) is 0 Å². The molecule has 3 heteroatoms. The van der Waals surface area contributed by atoms with Crippen molar-refractivity contribution in [2.45, 2.75) is 19.8 Å². The Labute approximate surface area is 101 Å². The first-order valence-corrected chi connectivity index (χ1v) is 5.87. The Morgan fingerprint density at radius 3 is 2.71 bits per heavy atom. The molecule has 17 heavy (non-hydrogen) atoms. The number of ether oxygens (including phenoxy) is 1. The predicted octanol–water partition coefficient (Wildman–Crippen LogP) is 2.00. The fraction of sp³-hybridized carbons (Fsp3) is 0.429. The molecule has 0 radical (unpaired) electrons. The van der Waals surface area contributed by atoms with Crippen LogP contribution in [0.5, 0.6) is 0 Å². The Bertz CT molecular complexity index is 411. The van der Waals surface area contributed by atoms with E-state index in [-0.39, 0.29) is 23.6 Å². The van der Waals surface area contributed by atoms with Crippen LogP contribution in [0, 0.1) is 11.8 Å². The molecule has 0 amide bonds. The number of Topliss-reactive ketones (excluding diaryl/α,β-unsaturated/α-hetero) is 1. The van der Waals surface area contributed by atoms with Crippen molar-refractivity contribution in [3.05, 3.63) is 35.9 Å². The van der Waals surface area contributed by atoms with E-state index in [4.69, 9.17) is 4.74 Å². The van der Waals surface area contributed by atoms with Crippen molar-refractivity contribution >= 4 is 11.8 Å². The minimum atomic E-state index is -0.167. The molecule has 2 rings (SSSR count). The second kappa shape index (κ2) is 5.13. The van der Waals surface area contributed by atoms with Crippen LogP contribution in [-0.4, -0.2) is 18.4 Å². The summed E-state index contributed by atoms with van der Waals surface area (Å²) in [6, 6.07) is 9.85. The molecule has 1 aliphatic heterocycles. The van der Waals surface area contributed by atoms with Crippen molar-refractivity contribution in [2.24, 2.45) is 11.8 Å². The second-order valence-electron chi connectivity index (χ2n) is 4.59. The molecule has 1 saturated heterocycles. The van der Waals surface area contributed by atoms with Crippen molar-refractivity contribution in [2.75, 3.05) is 6.61 Å². The number of hydrogen-bond donors (Lipinski definition) is 0. The summed E-state index contributed by atoms with van der Waals surface area (Å²) in [6.45, 7) is 1.94. The topological polar surface area (TPSA) is 43.4 Å². The van der Waals surface area contributed by atoms with Gasteiger partial charge in [0.25, 0.3) is 0 Å². The third-order valence-electron chi connectivity index (χ3n) is 3.16. The van der Waals surface area contributed by atoms with Gasteiger partial charge in [0.15, 0.2) is 0 Å². The Balaban J connectivity index is 2.06. The highest BCUT2D eigenvalue weighted by atomic mass is 16.5. The smallest absolute Gasteiger partial charge is 0.309 e. The van der Waals surface area contributed by atoms with Crippen molar-refractivity contribution in [1.82, 2.24) is 0 Å². The Hall–Kier alpha value is -1.64. The number of carbonyl (C=O) groups is 2. The van der Waals surface area contributed by atoms with Crippen molar-refractivity contribution in [1.29, 1.82) is 0 Å². The molecule has 0 aromatic heterocycles. The van der Waals surface area contributed by atoms with Gasteiger partial charge in [0.1, 0.15) is 5.78 Å². The zero-order valence-corrected chi connectivity index (χ0v) is 9.89. The normalized spacial score (nSPS) is 23.5. The van der Waals surface area contributed by atoms with Gasteiger partial charge in [-0.15, -0.1) is 0 Å². The molecule has 0 bridgehead atoms. The molecule has 0 spiro atoms. The minimum absolute atomic E-state index is 0.0419. The van der Waals surface area contributed by atoms with Crippen LogP contribution in [0.2, 0.25) is 0 Å². The molecule has 0 unspecified atom stereocenters. The maximum absolute atomic E-state index is 11.6. The van der Waals surface area contributed by atoms with Gasteiger partial charge in [-0.3, -0.25) is 4.79 Å². The van der Waals surface area contributed by atoms with Gasteiger partial charge in [-0.05, 0) is 18.9 Å². The molecular formula is C14H16O3.